The third-order valence-electron chi connectivity index (χ3n) is 5.49. The van der Waals surface area contributed by atoms with Gasteiger partial charge in [-0.05, 0) is 35.9 Å². The Kier molecular flexibility index (Phi) is 5.95. The van der Waals surface area contributed by atoms with E-state index < -0.39 is 24.3 Å². The summed E-state index contributed by atoms with van der Waals surface area (Å²) in [6.07, 6.45) is 0. The number of carbonyl (C=O) groups is 3. The smallest absolute Gasteiger partial charge is 0.387 e. The van der Waals surface area contributed by atoms with Gasteiger partial charge in [0.25, 0.3) is 17.7 Å². The highest BCUT2D eigenvalue weighted by Crippen LogP contribution is 2.29. The van der Waals surface area contributed by atoms with Crippen molar-refractivity contribution in [1.29, 1.82) is 0 Å². The van der Waals surface area contributed by atoms with Crippen LogP contribution in [0.1, 0.15) is 36.6 Å². The number of carbonyl (C=O) groups excluding carboxylic acids is 3. The van der Waals surface area contributed by atoms with Crippen LogP contribution in [0.5, 0.6) is 5.75 Å². The Bertz CT molecular complexity index is 1470. The van der Waals surface area contributed by atoms with Crippen molar-refractivity contribution in [2.45, 2.75) is 13.2 Å². The average Bonchev–Trinajstić information content (AvgIpc) is 3.43. The fourth-order valence-electron chi connectivity index (χ4n) is 3.81. The number of amides is 3. The van der Waals surface area contributed by atoms with Crippen LogP contribution in [0.3, 0.4) is 0 Å². The van der Waals surface area contributed by atoms with E-state index in [9.17, 15) is 23.2 Å². The summed E-state index contributed by atoms with van der Waals surface area (Å²) in [6.45, 7) is -2.91. The number of fused-ring (bicyclic) bond motifs is 1. The lowest BCUT2D eigenvalue weighted by atomic mass is 10.1. The molecule has 0 saturated heterocycles. The number of nitrogens with zero attached hydrogens (tertiary/aromatic N) is 3. The van der Waals surface area contributed by atoms with Crippen LogP contribution < -0.4 is 10.1 Å². The Morgan fingerprint density at radius 3 is 2.44 bits per heavy atom. The first-order valence-electron chi connectivity index (χ1n) is 10.7. The van der Waals surface area contributed by atoms with Crippen molar-refractivity contribution in [2.24, 2.45) is 0 Å². The molecule has 0 radical (unpaired) electrons. The van der Waals surface area contributed by atoms with E-state index in [1.165, 1.54) is 36.4 Å². The van der Waals surface area contributed by atoms with Gasteiger partial charge in [-0.15, -0.1) is 5.10 Å². The third kappa shape index (κ3) is 4.41. The summed E-state index contributed by atoms with van der Waals surface area (Å²) in [5, 5.41) is 8.95. The average molecular weight is 489 g/mol. The van der Waals surface area contributed by atoms with E-state index in [4.69, 9.17) is 0 Å². The van der Waals surface area contributed by atoms with E-state index >= 15 is 0 Å². The van der Waals surface area contributed by atoms with E-state index in [1.54, 1.807) is 6.07 Å². The van der Waals surface area contributed by atoms with Crippen LogP contribution in [0.2, 0.25) is 0 Å². The van der Waals surface area contributed by atoms with E-state index in [-0.39, 0.29) is 46.3 Å². The standard InChI is InChI=1S/C25H17F2N5O4/c26-24(27)36-19-9-5-4-8-17(19)20-28-25(31-30-20)29-21(33)15-10-11-16-18(12-15)23(35)32(22(16)34)13-14-6-2-1-3-7-14/h1-12,24H,13H2,(H2,28,29,30,31,33). The lowest BCUT2D eigenvalue weighted by Crippen LogP contribution is -2.29. The number of aromatic nitrogens is 3. The molecule has 1 aliphatic rings. The maximum atomic E-state index is 12.9. The third-order valence-corrected chi connectivity index (χ3v) is 5.49. The first-order chi connectivity index (χ1) is 17.4. The number of para-hydroxylation sites is 1. The van der Waals surface area contributed by atoms with Gasteiger partial charge in [0.15, 0.2) is 5.82 Å². The van der Waals surface area contributed by atoms with E-state index in [1.807, 2.05) is 30.3 Å². The molecule has 0 fully saturated rings. The van der Waals surface area contributed by atoms with Gasteiger partial charge in [0.2, 0.25) is 5.95 Å². The van der Waals surface area contributed by atoms with Crippen molar-refractivity contribution in [3.63, 3.8) is 0 Å². The maximum Gasteiger partial charge on any atom is 0.387 e. The number of rotatable bonds is 7. The molecule has 1 aromatic heterocycles. The zero-order valence-electron chi connectivity index (χ0n) is 18.4. The number of imide groups is 1. The van der Waals surface area contributed by atoms with Gasteiger partial charge in [0, 0.05) is 5.56 Å². The van der Waals surface area contributed by atoms with Gasteiger partial charge >= 0.3 is 6.61 Å². The van der Waals surface area contributed by atoms with Gasteiger partial charge in [-0.3, -0.25) is 29.7 Å². The molecule has 4 aromatic rings. The second kappa shape index (κ2) is 9.37. The zero-order chi connectivity index (χ0) is 25.2. The summed E-state index contributed by atoms with van der Waals surface area (Å²) >= 11 is 0. The van der Waals surface area contributed by atoms with Crippen LogP contribution in [0.4, 0.5) is 14.7 Å². The summed E-state index contributed by atoms with van der Waals surface area (Å²) in [7, 11) is 0. The molecular weight excluding hydrogens is 472 g/mol. The quantitative estimate of drug-likeness (QED) is 0.377. The minimum atomic E-state index is -3.02. The minimum absolute atomic E-state index is 0.104. The number of anilines is 1. The summed E-state index contributed by atoms with van der Waals surface area (Å²) in [4.78, 5) is 43.7. The largest absolute Gasteiger partial charge is 0.434 e. The molecule has 0 bridgehead atoms. The second-order valence-corrected chi connectivity index (χ2v) is 7.78. The number of hydrogen-bond donors (Lipinski definition) is 2. The molecule has 9 nitrogen and oxygen atoms in total. The number of alkyl halides is 2. The normalized spacial score (nSPS) is 12.7. The van der Waals surface area contributed by atoms with Crippen molar-refractivity contribution in [2.75, 3.05) is 5.32 Å². The first kappa shape index (κ1) is 22.8. The summed E-state index contributed by atoms with van der Waals surface area (Å²) in [5.41, 5.74) is 1.47. The highest BCUT2D eigenvalue weighted by molar-refractivity contribution is 6.22. The fourth-order valence-corrected chi connectivity index (χ4v) is 3.81. The Hall–Kier alpha value is -4.93. The van der Waals surface area contributed by atoms with E-state index in [2.05, 4.69) is 25.2 Å². The molecule has 0 saturated carbocycles. The van der Waals surface area contributed by atoms with E-state index in [0.29, 0.717) is 0 Å². The Morgan fingerprint density at radius 2 is 1.67 bits per heavy atom. The molecule has 1 aliphatic heterocycles. The molecule has 3 amide bonds. The predicted octanol–water partition coefficient (Wildman–Crippen LogP) is 4.12. The summed E-state index contributed by atoms with van der Waals surface area (Å²) in [6, 6.07) is 19.3. The number of ether oxygens (including phenoxy) is 1. The van der Waals surface area contributed by atoms with Crippen molar-refractivity contribution in [3.8, 4) is 17.1 Å². The van der Waals surface area contributed by atoms with Gasteiger partial charge in [-0.2, -0.15) is 13.8 Å². The number of benzene rings is 3. The number of aromatic amines is 1. The Morgan fingerprint density at radius 1 is 0.944 bits per heavy atom. The molecular formula is C25H17F2N5O4. The van der Waals surface area contributed by atoms with Gasteiger partial charge in [-0.1, -0.05) is 42.5 Å². The monoisotopic (exact) mass is 489 g/mol. The minimum Gasteiger partial charge on any atom is -0.434 e. The Labute approximate surface area is 202 Å². The first-order valence-corrected chi connectivity index (χ1v) is 10.7. The lowest BCUT2D eigenvalue weighted by Gasteiger charge is -2.13. The molecule has 5 rings (SSSR count). The SMILES string of the molecule is O=C(Nc1n[nH]c(-c2ccccc2OC(F)F)n1)c1ccc2c(c1)C(=O)N(Cc1ccccc1)C2=O. The van der Waals surface area contributed by atoms with Gasteiger partial charge in [0.1, 0.15) is 5.75 Å². The Balaban J connectivity index is 1.33. The molecule has 11 heteroatoms. The zero-order valence-corrected chi connectivity index (χ0v) is 18.4. The van der Waals surface area contributed by atoms with Crippen LogP contribution >= 0.6 is 0 Å². The highest BCUT2D eigenvalue weighted by Gasteiger charge is 2.36. The topological polar surface area (TPSA) is 117 Å². The van der Waals surface area contributed by atoms with Crippen molar-refractivity contribution in [3.05, 3.63) is 95.1 Å². The molecule has 0 spiro atoms. The fraction of sp³-hybridized carbons (Fsp3) is 0.0800. The van der Waals surface area contributed by atoms with Crippen molar-refractivity contribution < 1.29 is 27.9 Å². The maximum absolute atomic E-state index is 12.9. The molecule has 0 atom stereocenters. The van der Waals surface area contributed by atoms with Crippen LogP contribution in [0.25, 0.3) is 11.4 Å². The summed E-state index contributed by atoms with van der Waals surface area (Å²) < 4.78 is 29.9. The number of nitrogens with one attached hydrogen (secondary N) is 2. The van der Waals surface area contributed by atoms with Gasteiger partial charge in [-0.25, -0.2) is 0 Å². The number of H-pyrrole nitrogens is 1. The van der Waals surface area contributed by atoms with Gasteiger partial charge < -0.3 is 4.74 Å². The molecule has 0 aliphatic carbocycles. The lowest BCUT2D eigenvalue weighted by molar-refractivity contribution is -0.0494. The van der Waals surface area contributed by atoms with Crippen LogP contribution in [0, 0.1) is 0 Å². The van der Waals surface area contributed by atoms with Crippen molar-refractivity contribution >= 4 is 23.7 Å². The molecule has 180 valence electrons. The van der Waals surface area contributed by atoms with Crippen LogP contribution in [-0.4, -0.2) is 44.4 Å². The van der Waals surface area contributed by atoms with Gasteiger partial charge in [0.05, 0.1) is 23.2 Å². The molecule has 3 aromatic carbocycles. The highest BCUT2D eigenvalue weighted by atomic mass is 19.3. The molecule has 2 N–H and O–H groups in total. The van der Waals surface area contributed by atoms with Crippen LogP contribution in [0.15, 0.2) is 72.8 Å². The predicted molar refractivity (Wildman–Crippen MR) is 123 cm³/mol. The van der Waals surface area contributed by atoms with E-state index in [0.717, 1.165) is 10.5 Å². The number of hydrogen-bond acceptors (Lipinski definition) is 6. The van der Waals surface area contributed by atoms with Crippen LogP contribution in [-0.2, 0) is 6.54 Å². The summed E-state index contributed by atoms with van der Waals surface area (Å²) in [5.74, 6) is -1.67. The molecule has 36 heavy (non-hydrogen) atoms. The molecule has 0 unspecified atom stereocenters. The van der Waals surface area contributed by atoms with Crippen molar-refractivity contribution in [1.82, 2.24) is 20.1 Å². The second-order valence-electron chi connectivity index (χ2n) is 7.78. The number of halogens is 2. The molecule has 2 heterocycles.